The number of benzene rings is 2. The predicted octanol–water partition coefficient (Wildman–Crippen LogP) is 2.41. The molecule has 2 aromatic carbocycles. The Hall–Kier alpha value is -3.83. The fourth-order valence-electron chi connectivity index (χ4n) is 4.47. The van der Waals surface area contributed by atoms with Gasteiger partial charge in [-0.25, -0.2) is 9.40 Å². The van der Waals surface area contributed by atoms with Crippen molar-refractivity contribution in [2.24, 2.45) is 0 Å². The van der Waals surface area contributed by atoms with E-state index in [0.717, 1.165) is 34.5 Å². The number of carbonyl (C=O) groups is 2. The van der Waals surface area contributed by atoms with Gasteiger partial charge in [-0.05, 0) is 60.5 Å². The van der Waals surface area contributed by atoms with Gasteiger partial charge in [-0.3, -0.25) is 14.6 Å². The number of aromatic nitrogens is 2. The molecule has 1 aromatic heterocycles. The number of carbonyl (C=O) groups excluding carboxylic acids is 2. The van der Waals surface area contributed by atoms with Crippen molar-refractivity contribution in [3.05, 3.63) is 64.8 Å². The van der Waals surface area contributed by atoms with E-state index in [4.69, 9.17) is 4.52 Å². The molecule has 0 saturated carbocycles. The lowest BCUT2D eigenvalue weighted by Gasteiger charge is -2.28. The zero-order chi connectivity index (χ0) is 27.2. The van der Waals surface area contributed by atoms with Gasteiger partial charge in [-0.1, -0.05) is 18.1 Å². The molecular weight excluding hydrogens is 489 g/mol. The van der Waals surface area contributed by atoms with Crippen molar-refractivity contribution in [3.8, 4) is 11.4 Å². The summed E-state index contributed by atoms with van der Waals surface area (Å²) >= 11 is 0. The highest BCUT2D eigenvalue weighted by molar-refractivity contribution is 5.87. The molecule has 0 unspecified atom stereocenters. The Kier molecular flexibility index (Phi) is 8.70. The number of hydrogen-bond donors (Lipinski definition) is 2. The zero-order valence-corrected chi connectivity index (χ0v) is 22.3. The van der Waals surface area contributed by atoms with Crippen molar-refractivity contribution in [1.82, 2.24) is 30.8 Å². The largest absolute Gasteiger partial charge is 0.361 e. The summed E-state index contributed by atoms with van der Waals surface area (Å²) < 4.78 is 18.6. The number of anilines is 1. The van der Waals surface area contributed by atoms with Gasteiger partial charge in [0.25, 0.3) is 5.91 Å². The van der Waals surface area contributed by atoms with Gasteiger partial charge in [0.1, 0.15) is 5.82 Å². The second-order valence-electron chi connectivity index (χ2n) is 9.34. The minimum atomic E-state index is -0.291. The van der Waals surface area contributed by atoms with Crippen LogP contribution >= 0.6 is 0 Å². The van der Waals surface area contributed by atoms with Gasteiger partial charge in [-0.15, -0.1) is 0 Å². The molecule has 0 atom stereocenters. The fraction of sp³-hybridized carbons (Fsp3) is 0.407. The number of nitrogens with one attached hydrogen (secondary N) is 2. The van der Waals surface area contributed by atoms with Crippen molar-refractivity contribution in [3.63, 3.8) is 0 Å². The van der Waals surface area contributed by atoms with E-state index in [1.54, 1.807) is 20.0 Å². The molecule has 1 aliphatic heterocycles. The van der Waals surface area contributed by atoms with Crippen LogP contribution in [0.3, 0.4) is 0 Å². The first kappa shape index (κ1) is 27.2. The van der Waals surface area contributed by atoms with Crippen LogP contribution in [-0.4, -0.2) is 71.7 Å². The fourth-order valence-corrected chi connectivity index (χ4v) is 4.47. The van der Waals surface area contributed by atoms with E-state index in [1.165, 1.54) is 17.1 Å². The Balaban J connectivity index is 1.36. The van der Waals surface area contributed by atoms with E-state index < -0.39 is 0 Å². The van der Waals surface area contributed by atoms with Crippen molar-refractivity contribution >= 4 is 17.5 Å². The topological polar surface area (TPSA) is 107 Å². The van der Waals surface area contributed by atoms with Crippen LogP contribution in [0.25, 0.3) is 11.4 Å². The van der Waals surface area contributed by atoms with Gasteiger partial charge in [0, 0.05) is 51.4 Å². The molecule has 38 heavy (non-hydrogen) atoms. The Labute approximate surface area is 221 Å². The van der Waals surface area contributed by atoms with Crippen molar-refractivity contribution < 1.29 is 18.5 Å². The maximum absolute atomic E-state index is 13.5. The van der Waals surface area contributed by atoms with Gasteiger partial charge in [0.2, 0.25) is 17.6 Å². The number of hydrogen-bond acceptors (Lipinski definition) is 8. The molecule has 1 aliphatic rings. The van der Waals surface area contributed by atoms with Crippen LogP contribution in [0.15, 0.2) is 40.9 Å². The summed E-state index contributed by atoms with van der Waals surface area (Å²) in [7, 11) is 1.66. The summed E-state index contributed by atoms with van der Waals surface area (Å²) in [4.78, 5) is 32.0. The lowest BCUT2D eigenvalue weighted by Crippen LogP contribution is -2.47. The normalized spacial score (nSPS) is 12.9. The second kappa shape index (κ2) is 12.1. The number of halogens is 1. The van der Waals surface area contributed by atoms with Crippen LogP contribution in [0.4, 0.5) is 10.1 Å². The highest BCUT2D eigenvalue weighted by Crippen LogP contribution is 2.26. The van der Waals surface area contributed by atoms with Crippen molar-refractivity contribution in [1.29, 1.82) is 0 Å². The van der Waals surface area contributed by atoms with Crippen LogP contribution in [0.2, 0.25) is 0 Å². The third-order valence-electron chi connectivity index (χ3n) is 6.56. The molecule has 3 aromatic rings. The number of fused-ring (bicyclic) bond motifs is 1. The number of hydrazine groups is 1. The third-order valence-corrected chi connectivity index (χ3v) is 6.56. The lowest BCUT2D eigenvalue weighted by molar-refractivity contribution is -0.146. The average molecular weight is 524 g/mol. The molecule has 0 radical (unpaired) electrons. The second-order valence-corrected chi connectivity index (χ2v) is 9.34. The van der Waals surface area contributed by atoms with E-state index in [-0.39, 0.29) is 30.7 Å². The van der Waals surface area contributed by atoms with Crippen LogP contribution in [0.1, 0.15) is 29.5 Å². The summed E-state index contributed by atoms with van der Waals surface area (Å²) in [6.07, 6.45) is 0. The number of nitrogens with zero attached hydrogens (tertiary/aromatic N) is 5. The molecule has 10 nitrogen and oxygen atoms in total. The van der Waals surface area contributed by atoms with Crippen LogP contribution in [0, 0.1) is 19.7 Å². The average Bonchev–Trinajstić information content (AvgIpc) is 3.52. The summed E-state index contributed by atoms with van der Waals surface area (Å²) in [6, 6.07) is 10.5. The van der Waals surface area contributed by atoms with Crippen LogP contribution in [0.5, 0.6) is 0 Å². The van der Waals surface area contributed by atoms with E-state index in [9.17, 15) is 14.0 Å². The maximum atomic E-state index is 13.5. The highest BCUT2D eigenvalue weighted by atomic mass is 19.1. The summed E-state index contributed by atoms with van der Waals surface area (Å²) in [5.74, 6) is 0.214. The van der Waals surface area contributed by atoms with Crippen molar-refractivity contribution in [2.45, 2.75) is 33.9 Å². The number of rotatable bonds is 11. The quantitative estimate of drug-likeness (QED) is 0.369. The van der Waals surface area contributed by atoms with Crippen LogP contribution in [-0.2, 0) is 22.7 Å². The Morgan fingerprint density at radius 1 is 1.13 bits per heavy atom. The first-order chi connectivity index (χ1) is 18.2. The Morgan fingerprint density at radius 2 is 1.92 bits per heavy atom. The summed E-state index contributed by atoms with van der Waals surface area (Å²) in [6.45, 7) is 8.80. The van der Waals surface area contributed by atoms with Crippen LogP contribution < -0.4 is 15.5 Å². The van der Waals surface area contributed by atoms with E-state index in [1.807, 2.05) is 42.0 Å². The van der Waals surface area contributed by atoms with Gasteiger partial charge in [-0.2, -0.15) is 4.98 Å². The van der Waals surface area contributed by atoms with Crippen molar-refractivity contribution in [2.75, 3.05) is 44.7 Å². The Bertz CT molecular complexity index is 1300. The molecule has 0 saturated heterocycles. The highest BCUT2D eigenvalue weighted by Gasteiger charge is 2.26. The minimum absolute atomic E-state index is 0.0956. The smallest absolute Gasteiger partial charge is 0.255 e. The molecule has 202 valence electrons. The molecule has 0 bridgehead atoms. The minimum Gasteiger partial charge on any atom is -0.361 e. The zero-order valence-electron chi connectivity index (χ0n) is 22.3. The Morgan fingerprint density at radius 3 is 2.63 bits per heavy atom. The maximum Gasteiger partial charge on any atom is 0.255 e. The number of aryl methyl sites for hydroxylation is 2. The third kappa shape index (κ3) is 6.53. The lowest BCUT2D eigenvalue weighted by atomic mass is 10.1. The molecule has 0 spiro atoms. The van der Waals surface area contributed by atoms with Gasteiger partial charge in [0.05, 0.1) is 13.1 Å². The monoisotopic (exact) mass is 523 g/mol. The first-order valence-corrected chi connectivity index (χ1v) is 12.7. The summed E-state index contributed by atoms with van der Waals surface area (Å²) in [5.41, 5.74) is 4.56. The van der Waals surface area contributed by atoms with E-state index in [0.29, 0.717) is 37.9 Å². The predicted molar refractivity (Wildman–Crippen MR) is 141 cm³/mol. The van der Waals surface area contributed by atoms with Gasteiger partial charge in [0.15, 0.2) is 0 Å². The molecule has 11 heteroatoms. The molecule has 2 amide bonds. The number of likely N-dealkylation sites (N-methyl/N-ethyl adjacent to an activating group) is 2. The van der Waals surface area contributed by atoms with Gasteiger partial charge < -0.3 is 20.1 Å². The molecule has 2 N–H and O–H groups in total. The van der Waals surface area contributed by atoms with E-state index in [2.05, 4.69) is 20.8 Å². The van der Waals surface area contributed by atoms with E-state index >= 15 is 0 Å². The molecule has 0 aliphatic carbocycles. The van der Waals surface area contributed by atoms with Gasteiger partial charge >= 0.3 is 0 Å². The molecular formula is C27H34FN7O3. The standard InChI is InChI=1S/C27H34FN7O3/c1-5-29-10-11-34(24-9-7-20(12-18(24)2)27-31-19(3)38-32-27)17-25(36)30-14-26(37)33(4)35-15-21-6-8-23(28)13-22(21)16-35/h6-9,12-13,29H,5,10-11,14-17H2,1-4H3,(H,30,36). The molecule has 0 fully saturated rings. The molecule has 2 heterocycles. The molecule has 4 rings (SSSR count). The number of amides is 2. The first-order valence-electron chi connectivity index (χ1n) is 12.7. The SMILES string of the molecule is CCNCCN(CC(=O)NCC(=O)N(C)N1Cc2ccc(F)cc2C1)c1ccc(-c2noc(C)n2)cc1C. The summed E-state index contributed by atoms with van der Waals surface area (Å²) in [5, 5.41) is 13.3.